The van der Waals surface area contributed by atoms with E-state index < -0.39 is 0 Å². The second-order valence-corrected chi connectivity index (χ2v) is 9.19. The van der Waals surface area contributed by atoms with Gasteiger partial charge >= 0.3 is 0 Å². The summed E-state index contributed by atoms with van der Waals surface area (Å²) in [6.07, 6.45) is 18.4. The first-order valence-electron chi connectivity index (χ1n) is 11.6. The zero-order chi connectivity index (χ0) is 25.5. The second kappa shape index (κ2) is 11.6. The Morgan fingerprint density at radius 3 is 2.69 bits per heavy atom. The quantitative estimate of drug-likeness (QED) is 0.241. The van der Waals surface area contributed by atoms with Gasteiger partial charge in [-0.1, -0.05) is 0 Å². The number of aromatic amines is 1. The van der Waals surface area contributed by atoms with Gasteiger partial charge in [-0.3, -0.25) is 9.89 Å². The summed E-state index contributed by atoms with van der Waals surface area (Å²) < 4.78 is 2.54. The molecule has 5 heterocycles. The van der Waals surface area contributed by atoms with E-state index in [2.05, 4.69) is 82.6 Å². The summed E-state index contributed by atoms with van der Waals surface area (Å²) in [4.78, 5) is 24.6. The van der Waals surface area contributed by atoms with Gasteiger partial charge in [-0.05, 0) is 60.7 Å². The number of hydrogen-bond acceptors (Lipinski definition) is 8. The Bertz CT molecular complexity index is 1310. The van der Waals surface area contributed by atoms with Crippen molar-refractivity contribution in [2.45, 2.75) is 44.6 Å². The van der Waals surface area contributed by atoms with Gasteiger partial charge in [-0.2, -0.15) is 10.1 Å². The predicted molar refractivity (Wildman–Crippen MR) is 142 cm³/mol. The van der Waals surface area contributed by atoms with Crippen LogP contribution in [0.5, 0.6) is 0 Å². The van der Waals surface area contributed by atoms with Crippen LogP contribution in [0.15, 0.2) is 41.4 Å². The SMILES string of the molecule is C#C.C[C@H]1CCCN1c1nc(Nc2cc(C3CC3)[nH]n2)c2cccn2n1.O=CNc1cnc(Br)cn1. The lowest BCUT2D eigenvalue weighted by molar-refractivity contribution is -0.105. The Morgan fingerprint density at radius 1 is 1.19 bits per heavy atom. The lowest BCUT2D eigenvalue weighted by Crippen LogP contribution is -2.29. The molecule has 1 amide bonds. The minimum atomic E-state index is 0.443. The van der Waals surface area contributed by atoms with Crippen LogP contribution in [0.3, 0.4) is 0 Å². The Kier molecular flexibility index (Phi) is 8.12. The van der Waals surface area contributed by atoms with Crippen LogP contribution >= 0.6 is 15.9 Å². The second-order valence-electron chi connectivity index (χ2n) is 8.38. The number of carbonyl (C=O) groups excluding carboxylic acids is 1. The fourth-order valence-corrected chi connectivity index (χ4v) is 4.14. The molecule has 11 nitrogen and oxygen atoms in total. The lowest BCUT2D eigenvalue weighted by atomic mass is 10.2. The van der Waals surface area contributed by atoms with Crippen LogP contribution in [0.4, 0.5) is 23.4 Å². The maximum Gasteiger partial charge on any atom is 0.245 e. The zero-order valence-electron chi connectivity index (χ0n) is 19.8. The molecule has 186 valence electrons. The van der Waals surface area contributed by atoms with Crippen molar-refractivity contribution in [3.05, 3.63) is 47.1 Å². The molecular weight excluding hydrogens is 524 g/mol. The zero-order valence-corrected chi connectivity index (χ0v) is 21.4. The Balaban J connectivity index is 0.000000214. The van der Waals surface area contributed by atoms with Gasteiger partial charge in [0.25, 0.3) is 0 Å². The minimum absolute atomic E-state index is 0.443. The molecule has 4 aromatic rings. The van der Waals surface area contributed by atoms with E-state index >= 15 is 0 Å². The molecule has 12 heteroatoms. The van der Waals surface area contributed by atoms with Gasteiger partial charge < -0.3 is 15.5 Å². The van der Waals surface area contributed by atoms with Crippen molar-refractivity contribution >= 4 is 51.3 Å². The summed E-state index contributed by atoms with van der Waals surface area (Å²) in [6, 6.07) is 6.59. The van der Waals surface area contributed by atoms with Gasteiger partial charge in [-0.25, -0.2) is 14.5 Å². The Hall–Kier alpha value is -3.98. The third-order valence-corrected chi connectivity index (χ3v) is 6.29. The lowest BCUT2D eigenvalue weighted by Gasteiger charge is -2.21. The molecule has 0 radical (unpaired) electrons. The highest BCUT2D eigenvalue weighted by Crippen LogP contribution is 2.39. The van der Waals surface area contributed by atoms with E-state index in [4.69, 9.17) is 4.98 Å². The monoisotopic (exact) mass is 550 g/mol. The molecule has 1 atom stereocenters. The molecule has 1 saturated heterocycles. The van der Waals surface area contributed by atoms with Crippen molar-refractivity contribution in [1.82, 2.24) is 34.8 Å². The fourth-order valence-electron chi connectivity index (χ4n) is 3.94. The minimum Gasteiger partial charge on any atom is -0.337 e. The molecule has 36 heavy (non-hydrogen) atoms. The number of nitrogens with zero attached hydrogens (tertiary/aromatic N) is 7. The summed E-state index contributed by atoms with van der Waals surface area (Å²) in [5.74, 6) is 3.51. The van der Waals surface area contributed by atoms with Gasteiger partial charge in [0.15, 0.2) is 17.5 Å². The number of H-pyrrole nitrogens is 1. The maximum absolute atomic E-state index is 9.87. The molecule has 4 aromatic heterocycles. The normalized spacial score (nSPS) is 16.4. The fraction of sp³-hybridized carbons (Fsp3) is 0.333. The number of anilines is 4. The highest BCUT2D eigenvalue weighted by Gasteiger charge is 2.26. The molecular formula is C24H27BrN10O. The van der Waals surface area contributed by atoms with E-state index in [1.165, 1.54) is 43.8 Å². The van der Waals surface area contributed by atoms with Crippen LogP contribution in [-0.2, 0) is 4.79 Å². The molecule has 2 fully saturated rings. The van der Waals surface area contributed by atoms with Crippen molar-refractivity contribution in [3.63, 3.8) is 0 Å². The Labute approximate surface area is 217 Å². The van der Waals surface area contributed by atoms with E-state index in [-0.39, 0.29) is 0 Å². The van der Waals surface area contributed by atoms with E-state index in [0.29, 0.717) is 28.8 Å². The average Bonchev–Trinajstić information content (AvgIpc) is 3.24. The summed E-state index contributed by atoms with van der Waals surface area (Å²) in [5, 5.41) is 17.9. The van der Waals surface area contributed by atoms with Crippen molar-refractivity contribution in [1.29, 1.82) is 0 Å². The van der Waals surface area contributed by atoms with Gasteiger partial charge in [0.2, 0.25) is 12.4 Å². The van der Waals surface area contributed by atoms with E-state index in [1.54, 1.807) is 0 Å². The highest BCUT2D eigenvalue weighted by molar-refractivity contribution is 9.10. The molecule has 2 aliphatic rings. The molecule has 0 aromatic carbocycles. The summed E-state index contributed by atoms with van der Waals surface area (Å²) in [5.41, 5.74) is 2.17. The smallest absolute Gasteiger partial charge is 0.245 e. The predicted octanol–water partition coefficient (Wildman–Crippen LogP) is 4.12. The molecule has 1 aliphatic carbocycles. The summed E-state index contributed by atoms with van der Waals surface area (Å²) in [6.45, 7) is 3.25. The van der Waals surface area contributed by atoms with Crippen molar-refractivity contribution < 1.29 is 4.79 Å². The Morgan fingerprint density at radius 2 is 2.03 bits per heavy atom. The highest BCUT2D eigenvalue weighted by atomic mass is 79.9. The summed E-state index contributed by atoms with van der Waals surface area (Å²) >= 11 is 3.11. The number of terminal acetylenes is 1. The van der Waals surface area contributed by atoms with E-state index in [1.807, 2.05) is 22.8 Å². The summed E-state index contributed by atoms with van der Waals surface area (Å²) in [7, 11) is 0. The number of rotatable bonds is 6. The molecule has 1 aliphatic heterocycles. The number of nitrogens with one attached hydrogen (secondary N) is 3. The van der Waals surface area contributed by atoms with Crippen LogP contribution in [0.25, 0.3) is 5.52 Å². The first-order valence-corrected chi connectivity index (χ1v) is 12.4. The van der Waals surface area contributed by atoms with Gasteiger partial charge in [0.05, 0.1) is 12.4 Å². The van der Waals surface area contributed by atoms with Crippen LogP contribution in [0, 0.1) is 12.8 Å². The van der Waals surface area contributed by atoms with Gasteiger partial charge in [-0.15, -0.1) is 17.9 Å². The van der Waals surface area contributed by atoms with E-state index in [0.717, 1.165) is 29.6 Å². The number of amides is 1. The van der Waals surface area contributed by atoms with Crippen molar-refractivity contribution in [2.24, 2.45) is 0 Å². The third-order valence-electron chi connectivity index (χ3n) is 5.88. The molecule has 6 rings (SSSR count). The first-order chi connectivity index (χ1) is 17.6. The topological polar surface area (TPSA) is 129 Å². The number of aromatic nitrogens is 7. The van der Waals surface area contributed by atoms with Crippen molar-refractivity contribution in [3.8, 4) is 12.8 Å². The first kappa shape index (κ1) is 25.1. The third kappa shape index (κ3) is 5.98. The van der Waals surface area contributed by atoms with Gasteiger partial charge in [0, 0.05) is 36.5 Å². The molecule has 3 N–H and O–H groups in total. The number of fused-ring (bicyclic) bond motifs is 1. The number of carbonyl (C=O) groups is 1. The largest absolute Gasteiger partial charge is 0.337 e. The molecule has 0 bridgehead atoms. The average molecular weight is 551 g/mol. The van der Waals surface area contributed by atoms with Crippen LogP contribution in [0.1, 0.15) is 44.2 Å². The van der Waals surface area contributed by atoms with Crippen LogP contribution < -0.4 is 15.5 Å². The maximum atomic E-state index is 9.87. The number of halogens is 1. The molecule has 1 saturated carbocycles. The molecule has 0 unspecified atom stereocenters. The van der Waals surface area contributed by atoms with Gasteiger partial charge in [0.1, 0.15) is 10.1 Å². The standard InChI is InChI=1S/C17H21N7.C5H4BrN3O.C2H2/c1-11-4-2-8-23(11)17-19-16(14-5-3-9-24(14)22-17)18-15-10-13(20-21-15)12-6-7-12;6-4-1-8-5(2-7-4)9-3-10;1-2/h3,5,9-12H,2,4,6-8H2,1H3,(H2,18,19,20,21,22);1-3H,(H,8,9,10);1-2H/t11-;;/m0../s1. The van der Waals surface area contributed by atoms with E-state index in [9.17, 15) is 4.79 Å². The van der Waals surface area contributed by atoms with Crippen LogP contribution in [0.2, 0.25) is 0 Å². The van der Waals surface area contributed by atoms with Crippen molar-refractivity contribution in [2.75, 3.05) is 22.1 Å². The van der Waals surface area contributed by atoms with Crippen LogP contribution in [-0.4, -0.2) is 53.8 Å². The number of hydrogen-bond donors (Lipinski definition) is 3. The molecule has 0 spiro atoms.